The van der Waals surface area contributed by atoms with E-state index in [9.17, 15) is 0 Å². The summed E-state index contributed by atoms with van der Waals surface area (Å²) in [5, 5.41) is 3.76. The van der Waals surface area contributed by atoms with E-state index in [1.807, 2.05) is 24.3 Å². The van der Waals surface area contributed by atoms with Gasteiger partial charge in [0.05, 0.1) is 20.3 Å². The molecule has 0 unspecified atom stereocenters. The number of aliphatic imine (C=N–C) groups is 1. The average molecular weight is 449 g/mol. The quantitative estimate of drug-likeness (QED) is 0.651. The van der Waals surface area contributed by atoms with E-state index in [1.54, 1.807) is 14.2 Å². The van der Waals surface area contributed by atoms with Gasteiger partial charge in [0.25, 0.3) is 0 Å². The van der Waals surface area contributed by atoms with Crippen molar-refractivity contribution in [2.45, 2.75) is 39.8 Å². The number of ether oxygens (including phenoxy) is 2. The summed E-state index contributed by atoms with van der Waals surface area (Å²) in [5.41, 5.74) is 2.27. The molecule has 176 valence electrons. The average Bonchev–Trinajstić information content (AvgIpc) is 3.44. The minimum atomic E-state index is 0.260. The number of nitrogens with zero attached hydrogens (tertiary/aromatic N) is 3. The maximum atomic E-state index is 5.36. The maximum Gasteiger partial charge on any atom is 0.132 e. The molecule has 6 heteroatoms. The number of hydrogen-bond acceptors (Lipinski definition) is 6. The third kappa shape index (κ3) is 4.95. The van der Waals surface area contributed by atoms with E-state index in [2.05, 4.69) is 73.2 Å². The first kappa shape index (κ1) is 23.0. The predicted molar refractivity (Wildman–Crippen MR) is 137 cm³/mol. The fourth-order valence-electron chi connectivity index (χ4n) is 4.27. The molecule has 2 aromatic rings. The summed E-state index contributed by atoms with van der Waals surface area (Å²) in [7, 11) is 3.39. The highest BCUT2D eigenvalue weighted by molar-refractivity contribution is 6.08. The van der Waals surface area contributed by atoms with E-state index in [-0.39, 0.29) is 6.04 Å². The lowest BCUT2D eigenvalue weighted by molar-refractivity contribution is 0.414. The molecule has 2 atom stereocenters. The van der Waals surface area contributed by atoms with E-state index >= 15 is 0 Å². The molecule has 6 nitrogen and oxygen atoms in total. The second-order valence-corrected chi connectivity index (χ2v) is 9.44. The summed E-state index contributed by atoms with van der Waals surface area (Å²) in [6, 6.07) is 17.1. The molecule has 1 fully saturated rings. The van der Waals surface area contributed by atoms with Crippen molar-refractivity contribution >= 4 is 17.2 Å². The van der Waals surface area contributed by atoms with E-state index < -0.39 is 0 Å². The molecule has 0 aliphatic carbocycles. The summed E-state index contributed by atoms with van der Waals surface area (Å²) in [5.74, 6) is 4.79. The predicted octanol–water partition coefficient (Wildman–Crippen LogP) is 4.92. The van der Waals surface area contributed by atoms with Crippen LogP contribution >= 0.6 is 0 Å². The Morgan fingerprint density at radius 1 is 0.818 bits per heavy atom. The van der Waals surface area contributed by atoms with Gasteiger partial charge in [-0.05, 0) is 60.4 Å². The van der Waals surface area contributed by atoms with Gasteiger partial charge in [0.2, 0.25) is 0 Å². The molecular formula is C27H36N4O2. The smallest absolute Gasteiger partial charge is 0.132 e. The topological polar surface area (TPSA) is 49.3 Å². The zero-order valence-electron chi connectivity index (χ0n) is 20.6. The Hall–Kier alpha value is -3.15. The lowest BCUT2D eigenvalue weighted by Gasteiger charge is -2.23. The van der Waals surface area contributed by atoms with E-state index in [1.165, 1.54) is 0 Å². The number of benzene rings is 2. The van der Waals surface area contributed by atoms with Crippen molar-refractivity contribution in [2.24, 2.45) is 16.8 Å². The molecule has 2 aliphatic heterocycles. The van der Waals surface area contributed by atoms with Gasteiger partial charge in [-0.1, -0.05) is 27.7 Å². The van der Waals surface area contributed by atoms with Crippen LogP contribution in [-0.2, 0) is 0 Å². The molecule has 0 radical (unpaired) electrons. The van der Waals surface area contributed by atoms with Crippen LogP contribution in [0.4, 0.5) is 11.4 Å². The lowest BCUT2D eigenvalue weighted by atomic mass is 10.1. The van der Waals surface area contributed by atoms with Gasteiger partial charge in [-0.3, -0.25) is 4.99 Å². The summed E-state index contributed by atoms with van der Waals surface area (Å²) < 4.78 is 10.7. The monoisotopic (exact) mass is 448 g/mol. The zero-order valence-corrected chi connectivity index (χ0v) is 20.6. The number of rotatable bonds is 7. The third-order valence-corrected chi connectivity index (χ3v) is 6.56. The minimum absolute atomic E-state index is 0.260. The van der Waals surface area contributed by atoms with Crippen molar-refractivity contribution in [2.75, 3.05) is 37.1 Å². The largest absolute Gasteiger partial charge is 0.497 e. The zero-order chi connectivity index (χ0) is 23.5. The fraction of sp³-hybridized carbons (Fsp3) is 0.444. The Kier molecular flexibility index (Phi) is 6.82. The Bertz CT molecular complexity index is 996. The molecular weight excluding hydrogens is 412 g/mol. The second-order valence-electron chi connectivity index (χ2n) is 9.44. The van der Waals surface area contributed by atoms with E-state index in [0.29, 0.717) is 17.9 Å². The molecule has 0 aromatic heterocycles. The number of nitrogens with one attached hydrogen (secondary N) is 1. The van der Waals surface area contributed by atoms with Gasteiger partial charge in [-0.25, -0.2) is 0 Å². The fourth-order valence-corrected chi connectivity index (χ4v) is 4.27. The lowest BCUT2D eigenvalue weighted by Crippen LogP contribution is -2.31. The van der Waals surface area contributed by atoms with Gasteiger partial charge < -0.3 is 24.6 Å². The van der Waals surface area contributed by atoms with Crippen LogP contribution in [0.5, 0.6) is 11.5 Å². The van der Waals surface area contributed by atoms with Crippen LogP contribution in [0.1, 0.15) is 27.7 Å². The molecule has 0 bridgehead atoms. The van der Waals surface area contributed by atoms with Gasteiger partial charge in [-0.2, -0.15) is 0 Å². The highest BCUT2D eigenvalue weighted by atomic mass is 16.5. The molecule has 4 rings (SSSR count). The molecule has 2 aliphatic rings. The summed E-state index contributed by atoms with van der Waals surface area (Å²) in [6.45, 7) is 10.8. The van der Waals surface area contributed by atoms with Crippen molar-refractivity contribution < 1.29 is 9.47 Å². The number of hydrogen-bond donors (Lipinski definition) is 1. The van der Waals surface area contributed by atoms with E-state index in [4.69, 9.17) is 14.5 Å². The van der Waals surface area contributed by atoms with Gasteiger partial charge >= 0.3 is 0 Å². The first-order chi connectivity index (χ1) is 15.9. The standard InChI is InChI=1S/C27H36N4O2/c1-18(2)24-16-30(20-7-11-22(32-5)12-8-20)26(28-24)15-27-29-25(19(3)4)17-31(27)21-9-13-23(33-6)14-10-21/h7-15,18-19,24-25,28H,16-17H2,1-6H3/b26-15+/t24-,25-/m0/s1. The van der Waals surface area contributed by atoms with Gasteiger partial charge in [-0.15, -0.1) is 0 Å². The Labute approximate surface area is 197 Å². The first-order valence-corrected chi connectivity index (χ1v) is 11.8. The maximum absolute atomic E-state index is 5.36. The van der Waals surface area contributed by atoms with Crippen LogP contribution in [0.2, 0.25) is 0 Å². The van der Waals surface area contributed by atoms with Crippen molar-refractivity contribution in [3.05, 3.63) is 60.4 Å². The van der Waals surface area contributed by atoms with Crippen LogP contribution < -0.4 is 24.6 Å². The minimum Gasteiger partial charge on any atom is -0.497 e. The molecule has 0 spiro atoms. The summed E-state index contributed by atoms with van der Waals surface area (Å²) in [6.07, 6.45) is 2.21. The highest BCUT2D eigenvalue weighted by Crippen LogP contribution is 2.30. The number of methoxy groups -OCH3 is 2. The summed E-state index contributed by atoms with van der Waals surface area (Å²) in [4.78, 5) is 9.79. The molecule has 0 saturated carbocycles. The van der Waals surface area contributed by atoms with Gasteiger partial charge in [0, 0.05) is 36.6 Å². The van der Waals surface area contributed by atoms with Crippen molar-refractivity contribution in [1.29, 1.82) is 0 Å². The van der Waals surface area contributed by atoms with Crippen LogP contribution in [0.3, 0.4) is 0 Å². The number of anilines is 2. The van der Waals surface area contributed by atoms with Crippen molar-refractivity contribution in [1.82, 2.24) is 5.32 Å². The van der Waals surface area contributed by atoms with Crippen molar-refractivity contribution in [3.8, 4) is 11.5 Å². The van der Waals surface area contributed by atoms with Crippen molar-refractivity contribution in [3.63, 3.8) is 0 Å². The normalized spacial score (nSPS) is 21.7. The highest BCUT2D eigenvalue weighted by Gasteiger charge is 2.32. The van der Waals surface area contributed by atoms with Crippen LogP contribution in [0.15, 0.2) is 65.4 Å². The first-order valence-electron chi connectivity index (χ1n) is 11.8. The Balaban J connectivity index is 1.69. The molecule has 1 saturated heterocycles. The molecule has 0 amide bonds. The van der Waals surface area contributed by atoms with Crippen LogP contribution in [0.25, 0.3) is 0 Å². The molecule has 33 heavy (non-hydrogen) atoms. The molecule has 2 heterocycles. The SMILES string of the molecule is COc1ccc(N2C[C@@H](C(C)C)N=C2/C=C2\N[C@H](C(C)C)CN2c2ccc(OC)cc2)cc1. The molecule has 2 aromatic carbocycles. The second kappa shape index (κ2) is 9.77. The van der Waals surface area contributed by atoms with Crippen LogP contribution in [0, 0.1) is 11.8 Å². The van der Waals surface area contributed by atoms with Gasteiger partial charge in [0.15, 0.2) is 0 Å². The van der Waals surface area contributed by atoms with Gasteiger partial charge in [0.1, 0.15) is 23.2 Å². The van der Waals surface area contributed by atoms with E-state index in [0.717, 1.165) is 47.6 Å². The number of amidine groups is 1. The third-order valence-electron chi connectivity index (χ3n) is 6.56. The summed E-state index contributed by atoms with van der Waals surface area (Å²) >= 11 is 0. The Morgan fingerprint density at radius 3 is 1.85 bits per heavy atom. The molecule has 1 N–H and O–H groups in total. The van der Waals surface area contributed by atoms with Crippen LogP contribution in [-0.4, -0.2) is 45.2 Å². The Morgan fingerprint density at radius 2 is 1.36 bits per heavy atom.